The second-order valence-corrected chi connectivity index (χ2v) is 4.20. The number of methoxy groups -OCH3 is 1. The number of ether oxygens (including phenoxy) is 1. The Morgan fingerprint density at radius 1 is 1.16 bits per heavy atom. The van der Waals surface area contributed by atoms with Crippen LogP contribution in [0, 0.1) is 0 Å². The molecule has 0 spiro atoms. The smallest absolute Gasteiger partial charge is 0.150 e. The molecule has 0 saturated heterocycles. The maximum Gasteiger partial charge on any atom is 0.150 e. The summed E-state index contributed by atoms with van der Waals surface area (Å²) in [7, 11) is 1.62. The van der Waals surface area contributed by atoms with Crippen LogP contribution in [-0.2, 0) is 6.42 Å². The Bertz CT molecular complexity index is 559. The molecule has 19 heavy (non-hydrogen) atoms. The summed E-state index contributed by atoms with van der Waals surface area (Å²) in [6.07, 6.45) is 1.38. The van der Waals surface area contributed by atoms with Gasteiger partial charge in [-0.15, -0.1) is 0 Å². The normalized spacial score (nSPS) is 10.2. The van der Waals surface area contributed by atoms with Crippen molar-refractivity contribution in [3.8, 4) is 16.9 Å². The Morgan fingerprint density at radius 2 is 1.89 bits per heavy atom. The molecule has 1 N–H and O–H groups in total. The van der Waals surface area contributed by atoms with Crippen molar-refractivity contribution in [2.24, 2.45) is 0 Å². The summed E-state index contributed by atoms with van der Waals surface area (Å²) >= 11 is 0. The predicted octanol–water partition coefficient (Wildman–Crippen LogP) is 2.71. The molecule has 0 heterocycles. The number of carbonyl (C=O) groups is 1. The molecule has 0 saturated carbocycles. The lowest BCUT2D eigenvalue weighted by Gasteiger charge is -2.12. The van der Waals surface area contributed by atoms with E-state index in [9.17, 15) is 4.79 Å². The highest BCUT2D eigenvalue weighted by Gasteiger charge is 2.10. The molecule has 0 aromatic heterocycles. The maximum absolute atomic E-state index is 11.2. The van der Waals surface area contributed by atoms with E-state index in [4.69, 9.17) is 9.84 Å². The van der Waals surface area contributed by atoms with E-state index in [1.165, 1.54) is 0 Å². The Balaban J connectivity index is 2.54. The highest BCUT2D eigenvalue weighted by atomic mass is 16.5. The topological polar surface area (TPSA) is 46.5 Å². The van der Waals surface area contributed by atoms with Gasteiger partial charge in [-0.25, -0.2) is 0 Å². The number of aliphatic hydroxyl groups excluding tert-OH is 1. The molecule has 0 fully saturated rings. The molecule has 2 aromatic carbocycles. The number of carbonyl (C=O) groups excluding carboxylic acids is 1. The molecule has 0 aliphatic heterocycles. The fourth-order valence-electron chi connectivity index (χ4n) is 2.16. The van der Waals surface area contributed by atoms with Gasteiger partial charge in [-0.1, -0.05) is 30.3 Å². The van der Waals surface area contributed by atoms with Gasteiger partial charge in [0.25, 0.3) is 0 Å². The second-order valence-electron chi connectivity index (χ2n) is 4.20. The van der Waals surface area contributed by atoms with E-state index in [0.29, 0.717) is 12.0 Å². The average molecular weight is 256 g/mol. The zero-order valence-electron chi connectivity index (χ0n) is 10.8. The maximum atomic E-state index is 11.2. The van der Waals surface area contributed by atoms with Gasteiger partial charge in [-0.3, -0.25) is 4.79 Å². The molecule has 98 valence electrons. The molecular weight excluding hydrogens is 240 g/mol. The van der Waals surface area contributed by atoms with Gasteiger partial charge in [-0.2, -0.15) is 0 Å². The number of hydrogen-bond acceptors (Lipinski definition) is 3. The van der Waals surface area contributed by atoms with E-state index in [-0.39, 0.29) is 6.61 Å². The number of rotatable bonds is 5. The monoisotopic (exact) mass is 256 g/mol. The standard InChI is InChI=1S/C16H16O3/c1-19-15-7-5-13(6-8-15)16-12(9-10-17)3-2-4-14(16)11-18/h2-8,11,17H,9-10H2,1H3. The van der Waals surface area contributed by atoms with Crippen LogP contribution in [0.4, 0.5) is 0 Å². The van der Waals surface area contributed by atoms with Crippen LogP contribution in [-0.4, -0.2) is 25.1 Å². The lowest BCUT2D eigenvalue weighted by atomic mass is 9.93. The Hall–Kier alpha value is -2.13. The van der Waals surface area contributed by atoms with E-state index < -0.39 is 0 Å². The molecule has 2 rings (SSSR count). The van der Waals surface area contributed by atoms with Crippen LogP contribution in [0.15, 0.2) is 42.5 Å². The minimum atomic E-state index is 0.0610. The van der Waals surface area contributed by atoms with Crippen molar-refractivity contribution in [2.45, 2.75) is 6.42 Å². The first-order valence-corrected chi connectivity index (χ1v) is 6.12. The lowest BCUT2D eigenvalue weighted by molar-refractivity contribution is 0.112. The predicted molar refractivity (Wildman–Crippen MR) is 74.6 cm³/mol. The Labute approximate surface area is 112 Å². The number of benzene rings is 2. The second kappa shape index (κ2) is 6.16. The van der Waals surface area contributed by atoms with Gasteiger partial charge in [0.05, 0.1) is 7.11 Å². The fourth-order valence-corrected chi connectivity index (χ4v) is 2.16. The number of aliphatic hydroxyl groups is 1. The molecule has 2 aromatic rings. The molecule has 0 radical (unpaired) electrons. The van der Waals surface area contributed by atoms with Crippen molar-refractivity contribution in [1.29, 1.82) is 0 Å². The van der Waals surface area contributed by atoms with Crippen molar-refractivity contribution < 1.29 is 14.6 Å². The third-order valence-electron chi connectivity index (χ3n) is 3.07. The summed E-state index contributed by atoms with van der Waals surface area (Å²) < 4.78 is 5.13. The number of hydrogen-bond donors (Lipinski definition) is 1. The lowest BCUT2D eigenvalue weighted by Crippen LogP contribution is -1.98. The third kappa shape index (κ3) is 2.83. The molecule has 3 heteroatoms. The van der Waals surface area contributed by atoms with E-state index >= 15 is 0 Å². The van der Waals surface area contributed by atoms with Crippen molar-refractivity contribution in [2.75, 3.05) is 13.7 Å². The molecule has 0 aliphatic rings. The summed E-state index contributed by atoms with van der Waals surface area (Å²) in [6, 6.07) is 13.1. The Kier molecular flexibility index (Phi) is 4.31. The summed E-state index contributed by atoms with van der Waals surface area (Å²) in [5.41, 5.74) is 3.44. The minimum Gasteiger partial charge on any atom is -0.497 e. The van der Waals surface area contributed by atoms with Crippen LogP contribution in [0.1, 0.15) is 15.9 Å². The highest BCUT2D eigenvalue weighted by molar-refractivity contribution is 5.89. The van der Waals surface area contributed by atoms with E-state index in [1.54, 1.807) is 13.2 Å². The molecular formula is C16H16O3. The first kappa shape index (κ1) is 13.3. The van der Waals surface area contributed by atoms with Gasteiger partial charge in [0.2, 0.25) is 0 Å². The molecule has 0 unspecified atom stereocenters. The van der Waals surface area contributed by atoms with Crippen LogP contribution in [0.25, 0.3) is 11.1 Å². The van der Waals surface area contributed by atoms with Crippen LogP contribution in [0.5, 0.6) is 5.75 Å². The van der Waals surface area contributed by atoms with Crippen molar-refractivity contribution in [3.05, 3.63) is 53.6 Å². The van der Waals surface area contributed by atoms with Gasteiger partial charge in [-0.05, 0) is 35.2 Å². The Morgan fingerprint density at radius 3 is 2.47 bits per heavy atom. The quantitative estimate of drug-likeness (QED) is 0.837. The van der Waals surface area contributed by atoms with Crippen LogP contribution in [0.3, 0.4) is 0 Å². The van der Waals surface area contributed by atoms with E-state index in [0.717, 1.165) is 28.7 Å². The molecule has 0 aliphatic carbocycles. The summed E-state index contributed by atoms with van der Waals surface area (Å²) in [6.45, 7) is 0.0610. The van der Waals surface area contributed by atoms with E-state index in [2.05, 4.69) is 0 Å². The van der Waals surface area contributed by atoms with Gasteiger partial charge >= 0.3 is 0 Å². The summed E-state index contributed by atoms with van der Waals surface area (Å²) in [5.74, 6) is 0.774. The van der Waals surface area contributed by atoms with Crippen molar-refractivity contribution in [1.82, 2.24) is 0 Å². The van der Waals surface area contributed by atoms with Gasteiger partial charge in [0, 0.05) is 12.2 Å². The van der Waals surface area contributed by atoms with Crippen LogP contribution in [0.2, 0.25) is 0 Å². The van der Waals surface area contributed by atoms with Crippen molar-refractivity contribution in [3.63, 3.8) is 0 Å². The fraction of sp³-hybridized carbons (Fsp3) is 0.188. The molecule has 0 atom stereocenters. The molecule has 0 amide bonds. The van der Waals surface area contributed by atoms with Crippen LogP contribution < -0.4 is 4.74 Å². The first-order valence-electron chi connectivity index (χ1n) is 6.12. The van der Waals surface area contributed by atoms with Gasteiger partial charge in [0.15, 0.2) is 6.29 Å². The minimum absolute atomic E-state index is 0.0610. The highest BCUT2D eigenvalue weighted by Crippen LogP contribution is 2.29. The summed E-state index contributed by atoms with van der Waals surface area (Å²) in [4.78, 5) is 11.2. The number of aldehydes is 1. The van der Waals surface area contributed by atoms with Crippen molar-refractivity contribution >= 4 is 6.29 Å². The van der Waals surface area contributed by atoms with Gasteiger partial charge < -0.3 is 9.84 Å². The summed E-state index contributed by atoms with van der Waals surface area (Å²) in [5, 5.41) is 9.13. The zero-order valence-corrected chi connectivity index (χ0v) is 10.8. The zero-order chi connectivity index (χ0) is 13.7. The first-order chi connectivity index (χ1) is 9.30. The van der Waals surface area contributed by atoms with Gasteiger partial charge in [0.1, 0.15) is 5.75 Å². The molecule has 3 nitrogen and oxygen atoms in total. The third-order valence-corrected chi connectivity index (χ3v) is 3.07. The average Bonchev–Trinajstić information content (AvgIpc) is 2.47. The largest absolute Gasteiger partial charge is 0.497 e. The van der Waals surface area contributed by atoms with E-state index in [1.807, 2.05) is 36.4 Å². The van der Waals surface area contributed by atoms with Crippen LogP contribution >= 0.6 is 0 Å². The SMILES string of the molecule is COc1ccc(-c2c(C=O)cccc2CCO)cc1. The molecule has 0 bridgehead atoms.